The minimum absolute atomic E-state index is 0.195. The Bertz CT molecular complexity index is 396. The molecule has 0 radical (unpaired) electrons. The van der Waals surface area contributed by atoms with Gasteiger partial charge in [0.25, 0.3) is 0 Å². The van der Waals surface area contributed by atoms with Crippen molar-refractivity contribution in [1.29, 1.82) is 0 Å². The quantitative estimate of drug-likeness (QED) is 0.688. The lowest BCUT2D eigenvalue weighted by Crippen LogP contribution is -2.08. The summed E-state index contributed by atoms with van der Waals surface area (Å²) in [5.41, 5.74) is 0.835. The standard InChI is InChI=1S/C12H19N3O3/c1-3-18-10-8-9(2)14-12(15-10)13-7-5-4-6-11(16)17/h8H,3-7H2,1-2H3,(H,16,17)(H,13,14,15). The van der Waals surface area contributed by atoms with Crippen LogP contribution < -0.4 is 10.1 Å². The van der Waals surface area contributed by atoms with Crippen molar-refractivity contribution in [2.45, 2.75) is 33.1 Å². The number of anilines is 1. The third-order valence-corrected chi connectivity index (χ3v) is 2.22. The second kappa shape index (κ2) is 7.47. The van der Waals surface area contributed by atoms with Gasteiger partial charge in [-0.3, -0.25) is 4.79 Å². The van der Waals surface area contributed by atoms with E-state index in [-0.39, 0.29) is 6.42 Å². The Morgan fingerprint density at radius 2 is 2.22 bits per heavy atom. The Morgan fingerprint density at radius 3 is 2.89 bits per heavy atom. The molecule has 1 heterocycles. The van der Waals surface area contributed by atoms with Crippen molar-refractivity contribution in [2.75, 3.05) is 18.5 Å². The second-order valence-electron chi connectivity index (χ2n) is 3.88. The van der Waals surface area contributed by atoms with Crippen LogP contribution in [0.2, 0.25) is 0 Å². The van der Waals surface area contributed by atoms with E-state index in [0.717, 1.165) is 12.1 Å². The average molecular weight is 253 g/mol. The Hall–Kier alpha value is -1.85. The van der Waals surface area contributed by atoms with Crippen LogP contribution in [0, 0.1) is 6.92 Å². The number of aryl methyl sites for hydroxylation is 1. The van der Waals surface area contributed by atoms with Crippen molar-refractivity contribution in [1.82, 2.24) is 9.97 Å². The number of ether oxygens (including phenoxy) is 1. The molecule has 0 aromatic carbocycles. The van der Waals surface area contributed by atoms with E-state index in [1.54, 1.807) is 6.07 Å². The first kappa shape index (κ1) is 14.2. The molecule has 100 valence electrons. The highest BCUT2D eigenvalue weighted by molar-refractivity contribution is 5.66. The molecule has 6 nitrogen and oxygen atoms in total. The SMILES string of the molecule is CCOc1cc(C)nc(NCCCCC(=O)O)n1. The maximum atomic E-state index is 10.3. The van der Waals surface area contributed by atoms with Gasteiger partial charge in [0, 0.05) is 24.7 Å². The van der Waals surface area contributed by atoms with Crippen LogP contribution in [0.4, 0.5) is 5.95 Å². The predicted octanol–water partition coefficient (Wildman–Crippen LogP) is 1.85. The average Bonchev–Trinajstić information content (AvgIpc) is 2.28. The molecular formula is C12H19N3O3. The van der Waals surface area contributed by atoms with Gasteiger partial charge in [0.1, 0.15) is 0 Å². The van der Waals surface area contributed by atoms with Crippen molar-refractivity contribution in [3.63, 3.8) is 0 Å². The highest BCUT2D eigenvalue weighted by Crippen LogP contribution is 2.11. The summed E-state index contributed by atoms with van der Waals surface area (Å²) in [5, 5.41) is 11.6. The molecule has 0 saturated heterocycles. The lowest BCUT2D eigenvalue weighted by molar-refractivity contribution is -0.137. The summed E-state index contributed by atoms with van der Waals surface area (Å²) < 4.78 is 5.32. The van der Waals surface area contributed by atoms with Crippen molar-refractivity contribution >= 4 is 11.9 Å². The molecule has 0 fully saturated rings. The fraction of sp³-hybridized carbons (Fsp3) is 0.583. The van der Waals surface area contributed by atoms with Crippen LogP contribution in [-0.2, 0) is 4.79 Å². The van der Waals surface area contributed by atoms with Crippen LogP contribution in [0.1, 0.15) is 31.9 Å². The summed E-state index contributed by atoms with van der Waals surface area (Å²) in [6, 6.07) is 1.78. The molecule has 0 spiro atoms. The third-order valence-electron chi connectivity index (χ3n) is 2.22. The summed E-state index contributed by atoms with van der Waals surface area (Å²) in [5.74, 6) is 0.312. The van der Waals surface area contributed by atoms with Gasteiger partial charge in [0.05, 0.1) is 6.61 Å². The maximum absolute atomic E-state index is 10.3. The fourth-order valence-corrected chi connectivity index (χ4v) is 1.44. The number of hydrogen-bond acceptors (Lipinski definition) is 5. The van der Waals surface area contributed by atoms with E-state index in [1.165, 1.54) is 0 Å². The van der Waals surface area contributed by atoms with E-state index >= 15 is 0 Å². The molecule has 0 bridgehead atoms. The summed E-state index contributed by atoms with van der Waals surface area (Å²) in [6.45, 7) is 4.99. The molecule has 18 heavy (non-hydrogen) atoms. The van der Waals surface area contributed by atoms with E-state index in [1.807, 2.05) is 13.8 Å². The minimum atomic E-state index is -0.763. The van der Waals surface area contributed by atoms with E-state index < -0.39 is 5.97 Å². The molecule has 2 N–H and O–H groups in total. The molecule has 0 aliphatic carbocycles. The van der Waals surface area contributed by atoms with Gasteiger partial charge in [0.2, 0.25) is 11.8 Å². The molecule has 1 aromatic rings. The summed E-state index contributed by atoms with van der Waals surface area (Å²) in [7, 11) is 0. The van der Waals surface area contributed by atoms with E-state index in [4.69, 9.17) is 9.84 Å². The van der Waals surface area contributed by atoms with E-state index in [0.29, 0.717) is 31.4 Å². The van der Waals surface area contributed by atoms with E-state index in [9.17, 15) is 4.79 Å². The summed E-state index contributed by atoms with van der Waals surface area (Å²) >= 11 is 0. The molecule has 0 aliphatic heterocycles. The van der Waals surface area contributed by atoms with Crippen LogP contribution in [0.25, 0.3) is 0 Å². The Kier molecular flexibility index (Phi) is 5.90. The van der Waals surface area contributed by atoms with Crippen LogP contribution >= 0.6 is 0 Å². The molecular weight excluding hydrogens is 234 g/mol. The third kappa shape index (κ3) is 5.47. The highest BCUT2D eigenvalue weighted by atomic mass is 16.5. The first-order valence-corrected chi connectivity index (χ1v) is 6.06. The normalized spacial score (nSPS) is 10.1. The number of nitrogens with zero attached hydrogens (tertiary/aromatic N) is 2. The number of rotatable bonds is 8. The van der Waals surface area contributed by atoms with Crippen LogP contribution in [0.15, 0.2) is 6.07 Å². The first-order chi connectivity index (χ1) is 8.61. The largest absolute Gasteiger partial charge is 0.481 e. The van der Waals surface area contributed by atoms with Gasteiger partial charge in [-0.2, -0.15) is 4.98 Å². The van der Waals surface area contributed by atoms with Crippen molar-refractivity contribution in [3.05, 3.63) is 11.8 Å². The Labute approximate surface area is 106 Å². The monoisotopic (exact) mass is 253 g/mol. The topological polar surface area (TPSA) is 84.3 Å². The number of aliphatic carboxylic acids is 1. The molecule has 0 unspecified atom stereocenters. The zero-order valence-corrected chi connectivity index (χ0v) is 10.8. The van der Waals surface area contributed by atoms with Crippen LogP contribution in [0.5, 0.6) is 5.88 Å². The minimum Gasteiger partial charge on any atom is -0.481 e. The lowest BCUT2D eigenvalue weighted by Gasteiger charge is -2.07. The van der Waals surface area contributed by atoms with Gasteiger partial charge in [-0.1, -0.05) is 0 Å². The van der Waals surface area contributed by atoms with Crippen LogP contribution in [0.3, 0.4) is 0 Å². The number of carbonyl (C=O) groups is 1. The Balaban J connectivity index is 2.39. The first-order valence-electron chi connectivity index (χ1n) is 6.06. The fourth-order valence-electron chi connectivity index (χ4n) is 1.44. The van der Waals surface area contributed by atoms with Gasteiger partial charge in [-0.15, -0.1) is 0 Å². The number of aromatic nitrogens is 2. The highest BCUT2D eigenvalue weighted by Gasteiger charge is 2.02. The smallest absolute Gasteiger partial charge is 0.303 e. The molecule has 6 heteroatoms. The van der Waals surface area contributed by atoms with Crippen LogP contribution in [-0.4, -0.2) is 34.2 Å². The second-order valence-corrected chi connectivity index (χ2v) is 3.88. The van der Waals surface area contributed by atoms with Crippen molar-refractivity contribution < 1.29 is 14.6 Å². The zero-order chi connectivity index (χ0) is 13.4. The van der Waals surface area contributed by atoms with Crippen molar-refractivity contribution in [3.8, 4) is 5.88 Å². The van der Waals surface area contributed by atoms with Crippen molar-refractivity contribution in [2.24, 2.45) is 0 Å². The number of carboxylic acids is 1. The Morgan fingerprint density at radius 1 is 1.44 bits per heavy atom. The van der Waals surface area contributed by atoms with E-state index in [2.05, 4.69) is 15.3 Å². The lowest BCUT2D eigenvalue weighted by atomic mass is 10.2. The molecule has 0 saturated carbocycles. The number of nitrogens with one attached hydrogen (secondary N) is 1. The summed E-state index contributed by atoms with van der Waals surface area (Å²) in [6.07, 6.45) is 1.61. The maximum Gasteiger partial charge on any atom is 0.303 e. The predicted molar refractivity (Wildman–Crippen MR) is 67.9 cm³/mol. The molecule has 1 aromatic heterocycles. The number of carboxylic acid groups (broad SMARTS) is 1. The molecule has 0 atom stereocenters. The van der Waals surface area contributed by atoms with Gasteiger partial charge >= 0.3 is 5.97 Å². The zero-order valence-electron chi connectivity index (χ0n) is 10.8. The number of hydrogen-bond donors (Lipinski definition) is 2. The summed E-state index contributed by atoms with van der Waals surface area (Å²) in [4.78, 5) is 18.8. The molecule has 1 rings (SSSR count). The van der Waals surface area contributed by atoms with Gasteiger partial charge in [0.15, 0.2) is 0 Å². The van der Waals surface area contributed by atoms with Gasteiger partial charge in [-0.25, -0.2) is 4.98 Å². The molecule has 0 aliphatic rings. The number of unbranched alkanes of at least 4 members (excludes halogenated alkanes) is 1. The van der Waals surface area contributed by atoms with Gasteiger partial charge < -0.3 is 15.2 Å². The van der Waals surface area contributed by atoms with Gasteiger partial charge in [-0.05, 0) is 26.7 Å². The molecule has 0 amide bonds.